The van der Waals surface area contributed by atoms with Crippen LogP contribution in [0.15, 0.2) is 24.3 Å². The van der Waals surface area contributed by atoms with E-state index in [-0.39, 0.29) is 21.1 Å². The summed E-state index contributed by atoms with van der Waals surface area (Å²) >= 11 is 0.904. The van der Waals surface area contributed by atoms with E-state index in [4.69, 9.17) is 5.73 Å². The molecule has 1 heterocycles. The molecule has 5 nitrogen and oxygen atoms in total. The van der Waals surface area contributed by atoms with Gasteiger partial charge in [-0.15, -0.1) is 11.3 Å². The Hall–Kier alpha value is -2.55. The number of rotatable bonds is 3. The Balaban J connectivity index is 2.23. The highest BCUT2D eigenvalue weighted by Gasteiger charge is 2.30. The second kappa shape index (κ2) is 6.52. The Labute approximate surface area is 139 Å². The molecule has 0 spiro atoms. The Bertz CT molecular complexity index is 782. The molecule has 0 saturated carbocycles. The first-order chi connectivity index (χ1) is 11.1. The zero-order valence-corrected chi connectivity index (χ0v) is 13.5. The molecule has 0 fully saturated rings. The van der Waals surface area contributed by atoms with Crippen LogP contribution in [0.2, 0.25) is 0 Å². The third-order valence-corrected chi connectivity index (χ3v) is 4.36. The molecule has 9 heteroatoms. The number of halogens is 3. The van der Waals surface area contributed by atoms with Gasteiger partial charge in [-0.25, -0.2) is 4.79 Å². The zero-order valence-electron chi connectivity index (χ0n) is 12.7. The topological polar surface area (TPSA) is 81.4 Å². The molecule has 1 amide bonds. The fraction of sp³-hybridized carbons (Fsp3) is 0.200. The molecule has 2 rings (SSSR count). The molecule has 0 bridgehead atoms. The predicted octanol–water partition coefficient (Wildman–Crippen LogP) is 3.70. The highest BCUT2D eigenvalue weighted by molar-refractivity contribution is 7.18. The van der Waals surface area contributed by atoms with Crippen LogP contribution >= 0.6 is 11.3 Å². The number of carbonyl (C=O) groups excluding carboxylic acids is 2. The molecule has 0 radical (unpaired) electrons. The molecule has 2 aromatic rings. The Morgan fingerprint density at radius 3 is 2.29 bits per heavy atom. The number of methoxy groups -OCH3 is 1. The van der Waals surface area contributed by atoms with Gasteiger partial charge in [-0.1, -0.05) is 0 Å². The molecule has 1 aromatic heterocycles. The summed E-state index contributed by atoms with van der Waals surface area (Å²) in [6.07, 6.45) is -4.45. The summed E-state index contributed by atoms with van der Waals surface area (Å²) in [5.74, 6) is -1.23. The minimum atomic E-state index is -4.45. The summed E-state index contributed by atoms with van der Waals surface area (Å²) in [5, 5.41) is 2.61. The number of hydrogen-bond acceptors (Lipinski definition) is 5. The van der Waals surface area contributed by atoms with E-state index in [2.05, 4.69) is 10.1 Å². The van der Waals surface area contributed by atoms with Crippen LogP contribution in [0.5, 0.6) is 0 Å². The molecule has 0 aliphatic rings. The van der Waals surface area contributed by atoms with Crippen molar-refractivity contribution < 1.29 is 27.5 Å². The van der Waals surface area contributed by atoms with Crippen LogP contribution in [0.25, 0.3) is 0 Å². The number of esters is 1. The standard InChI is InChI=1S/C15H13F3N2O3S/c1-7-10(14(22)23-2)12(19)24-11(7)13(21)20-9-5-3-8(4-6-9)15(16,17)18/h3-6H,19H2,1-2H3,(H,20,21). The molecule has 1 aromatic carbocycles. The number of benzene rings is 1. The summed E-state index contributed by atoms with van der Waals surface area (Å²) in [4.78, 5) is 24.1. The normalized spacial score (nSPS) is 11.2. The van der Waals surface area contributed by atoms with Crippen molar-refractivity contribution in [1.82, 2.24) is 0 Å². The van der Waals surface area contributed by atoms with Gasteiger partial charge in [0.05, 0.1) is 23.1 Å². The van der Waals surface area contributed by atoms with Crippen molar-refractivity contribution in [3.8, 4) is 0 Å². The van der Waals surface area contributed by atoms with Gasteiger partial charge in [-0.2, -0.15) is 13.2 Å². The molecule has 0 aliphatic carbocycles. The van der Waals surface area contributed by atoms with Gasteiger partial charge < -0.3 is 15.8 Å². The van der Waals surface area contributed by atoms with Gasteiger partial charge >= 0.3 is 12.1 Å². The SMILES string of the molecule is COC(=O)c1c(N)sc(C(=O)Nc2ccc(C(F)(F)F)cc2)c1C. The number of amides is 1. The predicted molar refractivity (Wildman–Crippen MR) is 84.2 cm³/mol. The fourth-order valence-corrected chi connectivity index (χ4v) is 3.00. The van der Waals surface area contributed by atoms with E-state index >= 15 is 0 Å². The first kappa shape index (κ1) is 17.8. The van der Waals surface area contributed by atoms with E-state index in [1.54, 1.807) is 6.92 Å². The maximum atomic E-state index is 12.5. The van der Waals surface area contributed by atoms with Crippen molar-refractivity contribution in [1.29, 1.82) is 0 Å². The average Bonchev–Trinajstić information content (AvgIpc) is 2.81. The summed E-state index contributed by atoms with van der Waals surface area (Å²) in [6, 6.07) is 4.03. The molecule has 0 atom stereocenters. The van der Waals surface area contributed by atoms with Crippen LogP contribution in [-0.4, -0.2) is 19.0 Å². The first-order valence-electron chi connectivity index (χ1n) is 6.61. The van der Waals surface area contributed by atoms with Crippen molar-refractivity contribution in [3.05, 3.63) is 45.8 Å². The number of carbonyl (C=O) groups is 2. The van der Waals surface area contributed by atoms with Gasteiger partial charge in [0.1, 0.15) is 5.00 Å². The van der Waals surface area contributed by atoms with Crippen LogP contribution in [0.4, 0.5) is 23.9 Å². The number of nitrogen functional groups attached to an aromatic ring is 1. The highest BCUT2D eigenvalue weighted by Crippen LogP contribution is 2.32. The van der Waals surface area contributed by atoms with Crippen molar-refractivity contribution in [2.75, 3.05) is 18.2 Å². The number of anilines is 2. The van der Waals surface area contributed by atoms with Crippen LogP contribution in [-0.2, 0) is 10.9 Å². The van der Waals surface area contributed by atoms with Crippen molar-refractivity contribution >= 4 is 33.9 Å². The Morgan fingerprint density at radius 2 is 1.79 bits per heavy atom. The lowest BCUT2D eigenvalue weighted by Gasteiger charge is -2.08. The second-order valence-electron chi connectivity index (χ2n) is 4.82. The summed E-state index contributed by atoms with van der Waals surface area (Å²) in [5.41, 5.74) is 5.58. The van der Waals surface area contributed by atoms with E-state index in [9.17, 15) is 22.8 Å². The smallest absolute Gasteiger partial charge is 0.416 e. The van der Waals surface area contributed by atoms with Crippen LogP contribution in [0.1, 0.15) is 31.2 Å². The molecular weight excluding hydrogens is 345 g/mol. The Morgan fingerprint density at radius 1 is 1.21 bits per heavy atom. The lowest BCUT2D eigenvalue weighted by Crippen LogP contribution is -2.13. The number of hydrogen-bond donors (Lipinski definition) is 2. The van der Waals surface area contributed by atoms with Gasteiger partial charge in [0.15, 0.2) is 0 Å². The zero-order chi connectivity index (χ0) is 18.1. The number of nitrogens with two attached hydrogens (primary N) is 1. The molecular formula is C15H13F3N2O3S. The molecule has 0 aliphatic heterocycles. The Kier molecular flexibility index (Phi) is 4.83. The van der Waals surface area contributed by atoms with Crippen molar-refractivity contribution in [2.45, 2.75) is 13.1 Å². The quantitative estimate of drug-likeness (QED) is 0.820. The van der Waals surface area contributed by atoms with E-state index in [0.717, 1.165) is 35.6 Å². The van der Waals surface area contributed by atoms with Gasteiger partial charge in [-0.05, 0) is 36.8 Å². The van der Waals surface area contributed by atoms with Gasteiger partial charge in [-0.3, -0.25) is 4.79 Å². The highest BCUT2D eigenvalue weighted by atomic mass is 32.1. The molecule has 3 N–H and O–H groups in total. The van der Waals surface area contributed by atoms with E-state index in [1.807, 2.05) is 0 Å². The largest absolute Gasteiger partial charge is 0.465 e. The third kappa shape index (κ3) is 3.51. The van der Waals surface area contributed by atoms with Crippen molar-refractivity contribution in [3.63, 3.8) is 0 Å². The minimum Gasteiger partial charge on any atom is -0.465 e. The van der Waals surface area contributed by atoms with Gasteiger partial charge in [0.25, 0.3) is 5.91 Å². The number of ether oxygens (including phenoxy) is 1. The number of nitrogens with one attached hydrogen (secondary N) is 1. The summed E-state index contributed by atoms with van der Waals surface area (Å²) in [6.45, 7) is 1.54. The second-order valence-corrected chi connectivity index (χ2v) is 5.87. The number of alkyl halides is 3. The minimum absolute atomic E-state index is 0.111. The van der Waals surface area contributed by atoms with Crippen LogP contribution < -0.4 is 11.1 Å². The lowest BCUT2D eigenvalue weighted by atomic mass is 10.1. The van der Waals surface area contributed by atoms with E-state index in [1.165, 1.54) is 7.11 Å². The average molecular weight is 358 g/mol. The van der Waals surface area contributed by atoms with Crippen molar-refractivity contribution in [2.24, 2.45) is 0 Å². The van der Waals surface area contributed by atoms with Crippen LogP contribution in [0.3, 0.4) is 0 Å². The fourth-order valence-electron chi connectivity index (χ4n) is 2.04. The third-order valence-electron chi connectivity index (χ3n) is 3.24. The first-order valence-corrected chi connectivity index (χ1v) is 7.42. The number of thiophene rings is 1. The molecule has 128 valence electrons. The molecule has 24 heavy (non-hydrogen) atoms. The van der Waals surface area contributed by atoms with Crippen LogP contribution in [0, 0.1) is 6.92 Å². The maximum absolute atomic E-state index is 12.5. The molecule has 0 unspecified atom stereocenters. The van der Waals surface area contributed by atoms with Gasteiger partial charge in [0, 0.05) is 5.69 Å². The summed E-state index contributed by atoms with van der Waals surface area (Å²) in [7, 11) is 1.20. The maximum Gasteiger partial charge on any atom is 0.416 e. The summed E-state index contributed by atoms with van der Waals surface area (Å²) < 4.78 is 42.1. The van der Waals surface area contributed by atoms with E-state index < -0.39 is 23.6 Å². The van der Waals surface area contributed by atoms with Gasteiger partial charge in [0.2, 0.25) is 0 Å². The monoisotopic (exact) mass is 358 g/mol. The van der Waals surface area contributed by atoms with E-state index in [0.29, 0.717) is 5.56 Å². The molecule has 0 saturated heterocycles. The lowest BCUT2D eigenvalue weighted by molar-refractivity contribution is -0.137.